The Morgan fingerprint density at radius 2 is 2.24 bits per heavy atom. The van der Waals surface area contributed by atoms with Crippen LogP contribution in [-0.2, 0) is 4.74 Å². The molecule has 3 atom stereocenters. The Morgan fingerprint density at radius 1 is 1.43 bits per heavy atom. The fraction of sp³-hybridized carbons (Fsp3) is 0.625. The maximum absolute atomic E-state index is 10.0. The van der Waals surface area contributed by atoms with Crippen molar-refractivity contribution in [2.45, 2.75) is 44.4 Å². The van der Waals surface area contributed by atoms with Gasteiger partial charge in [-0.3, -0.25) is 0 Å². The lowest BCUT2D eigenvalue weighted by molar-refractivity contribution is 0.0686. The van der Waals surface area contributed by atoms with Crippen LogP contribution in [0.5, 0.6) is 5.75 Å². The number of halogens is 1. The molecule has 0 spiro atoms. The molecule has 3 unspecified atom stereocenters. The number of methoxy groups -OCH3 is 1. The highest BCUT2D eigenvalue weighted by Crippen LogP contribution is 2.26. The van der Waals surface area contributed by atoms with E-state index in [1.165, 1.54) is 12.0 Å². The van der Waals surface area contributed by atoms with E-state index in [0.29, 0.717) is 12.6 Å². The summed E-state index contributed by atoms with van der Waals surface area (Å²) in [7, 11) is 1.75. The van der Waals surface area contributed by atoms with Crippen LogP contribution in [0, 0.1) is 6.92 Å². The Balaban J connectivity index is 1.73. The number of benzene rings is 1. The van der Waals surface area contributed by atoms with Crippen LogP contribution in [0.25, 0.3) is 0 Å². The zero-order chi connectivity index (χ0) is 15.2. The van der Waals surface area contributed by atoms with Crippen LogP contribution < -0.4 is 10.1 Å². The Hall–Kier alpha value is -0.620. The zero-order valence-electron chi connectivity index (χ0n) is 12.6. The molecular weight excluding hydrogens is 334 g/mol. The van der Waals surface area contributed by atoms with E-state index in [9.17, 15) is 5.11 Å². The standard InChI is InChI=1S/C16H24BrNO3/c1-11-6-7-15(13(17)8-11)21-10-12(19)9-18-14-4-3-5-16(14)20-2/h6-8,12,14,16,18-19H,3-5,9-10H2,1-2H3. The molecular formula is C16H24BrNO3. The van der Waals surface area contributed by atoms with Crippen molar-refractivity contribution in [3.05, 3.63) is 28.2 Å². The number of hydrogen-bond donors (Lipinski definition) is 2. The van der Waals surface area contributed by atoms with E-state index in [4.69, 9.17) is 9.47 Å². The number of nitrogens with one attached hydrogen (secondary N) is 1. The van der Waals surface area contributed by atoms with Crippen LogP contribution in [0.15, 0.2) is 22.7 Å². The van der Waals surface area contributed by atoms with Crippen LogP contribution in [0.3, 0.4) is 0 Å². The van der Waals surface area contributed by atoms with Gasteiger partial charge < -0.3 is 19.9 Å². The van der Waals surface area contributed by atoms with E-state index in [-0.39, 0.29) is 12.7 Å². The van der Waals surface area contributed by atoms with Gasteiger partial charge in [0, 0.05) is 19.7 Å². The van der Waals surface area contributed by atoms with Crippen molar-refractivity contribution in [2.75, 3.05) is 20.3 Å². The van der Waals surface area contributed by atoms with E-state index in [1.807, 2.05) is 25.1 Å². The number of aryl methyl sites for hydroxylation is 1. The topological polar surface area (TPSA) is 50.7 Å². The molecule has 0 aromatic heterocycles. The zero-order valence-corrected chi connectivity index (χ0v) is 14.2. The number of rotatable bonds is 7. The molecule has 0 heterocycles. The molecule has 1 aliphatic rings. The molecule has 0 radical (unpaired) electrons. The lowest BCUT2D eigenvalue weighted by Gasteiger charge is -2.21. The molecule has 1 saturated carbocycles. The van der Waals surface area contributed by atoms with Crippen LogP contribution in [0.2, 0.25) is 0 Å². The smallest absolute Gasteiger partial charge is 0.133 e. The van der Waals surface area contributed by atoms with Crippen LogP contribution >= 0.6 is 15.9 Å². The average Bonchev–Trinajstić information content (AvgIpc) is 2.91. The molecule has 2 N–H and O–H groups in total. The Bertz CT molecular complexity index is 455. The van der Waals surface area contributed by atoms with Crippen molar-refractivity contribution in [3.8, 4) is 5.75 Å². The average molecular weight is 358 g/mol. The van der Waals surface area contributed by atoms with Gasteiger partial charge in [0.2, 0.25) is 0 Å². The molecule has 0 aliphatic heterocycles. The first-order valence-corrected chi connectivity index (χ1v) is 8.22. The third-order valence-corrected chi connectivity index (χ3v) is 4.51. The molecule has 1 fully saturated rings. The summed E-state index contributed by atoms with van der Waals surface area (Å²) in [5.41, 5.74) is 1.17. The summed E-state index contributed by atoms with van der Waals surface area (Å²) >= 11 is 3.47. The molecule has 5 heteroatoms. The van der Waals surface area contributed by atoms with E-state index < -0.39 is 6.10 Å². The fourth-order valence-corrected chi connectivity index (χ4v) is 3.30. The van der Waals surface area contributed by atoms with Crippen molar-refractivity contribution in [1.82, 2.24) is 5.32 Å². The highest BCUT2D eigenvalue weighted by Gasteiger charge is 2.26. The minimum absolute atomic E-state index is 0.268. The number of ether oxygens (including phenoxy) is 2. The SMILES string of the molecule is COC1CCCC1NCC(O)COc1ccc(C)cc1Br. The number of hydrogen-bond acceptors (Lipinski definition) is 4. The van der Waals surface area contributed by atoms with Crippen molar-refractivity contribution in [1.29, 1.82) is 0 Å². The highest BCUT2D eigenvalue weighted by atomic mass is 79.9. The normalized spacial score (nSPS) is 23.2. The van der Waals surface area contributed by atoms with Crippen molar-refractivity contribution >= 4 is 15.9 Å². The number of aliphatic hydroxyl groups is 1. The molecule has 4 nitrogen and oxygen atoms in total. The minimum Gasteiger partial charge on any atom is -0.490 e. The number of aliphatic hydroxyl groups excluding tert-OH is 1. The summed E-state index contributed by atoms with van der Waals surface area (Å²) in [6, 6.07) is 6.25. The second-order valence-corrected chi connectivity index (χ2v) is 6.47. The first-order chi connectivity index (χ1) is 10.1. The third-order valence-electron chi connectivity index (χ3n) is 3.89. The summed E-state index contributed by atoms with van der Waals surface area (Å²) < 4.78 is 12.0. The highest BCUT2D eigenvalue weighted by molar-refractivity contribution is 9.10. The minimum atomic E-state index is -0.531. The Kier molecular flexibility index (Phi) is 6.48. The molecule has 0 bridgehead atoms. The van der Waals surface area contributed by atoms with E-state index in [0.717, 1.165) is 23.1 Å². The van der Waals surface area contributed by atoms with Gasteiger partial charge in [0.15, 0.2) is 0 Å². The molecule has 0 saturated heterocycles. The van der Waals surface area contributed by atoms with Crippen molar-refractivity contribution in [3.63, 3.8) is 0 Å². The Labute approximate surface area is 135 Å². The largest absolute Gasteiger partial charge is 0.490 e. The van der Waals surface area contributed by atoms with Gasteiger partial charge in [-0.15, -0.1) is 0 Å². The fourth-order valence-electron chi connectivity index (χ4n) is 2.70. The van der Waals surface area contributed by atoms with Crippen molar-refractivity contribution < 1.29 is 14.6 Å². The second-order valence-electron chi connectivity index (χ2n) is 5.62. The summed E-state index contributed by atoms with van der Waals surface area (Å²) in [4.78, 5) is 0. The van der Waals surface area contributed by atoms with Gasteiger partial charge in [-0.2, -0.15) is 0 Å². The molecule has 1 aromatic rings. The molecule has 0 amide bonds. The van der Waals surface area contributed by atoms with Crippen LogP contribution in [0.4, 0.5) is 0 Å². The van der Waals surface area contributed by atoms with Crippen LogP contribution in [0.1, 0.15) is 24.8 Å². The Morgan fingerprint density at radius 3 is 2.95 bits per heavy atom. The molecule has 21 heavy (non-hydrogen) atoms. The van der Waals surface area contributed by atoms with Gasteiger partial charge in [-0.1, -0.05) is 6.07 Å². The molecule has 118 valence electrons. The van der Waals surface area contributed by atoms with E-state index in [1.54, 1.807) is 7.11 Å². The van der Waals surface area contributed by atoms with E-state index in [2.05, 4.69) is 21.2 Å². The van der Waals surface area contributed by atoms with Gasteiger partial charge in [-0.25, -0.2) is 0 Å². The summed E-state index contributed by atoms with van der Waals surface area (Å²) in [6.45, 7) is 2.83. The van der Waals surface area contributed by atoms with Gasteiger partial charge in [0.25, 0.3) is 0 Å². The monoisotopic (exact) mass is 357 g/mol. The lowest BCUT2D eigenvalue weighted by atomic mass is 10.2. The summed E-state index contributed by atoms with van der Waals surface area (Å²) in [6.07, 6.45) is 3.12. The van der Waals surface area contributed by atoms with Gasteiger partial charge in [0.05, 0.1) is 10.6 Å². The third kappa shape index (κ3) is 4.95. The van der Waals surface area contributed by atoms with Gasteiger partial charge >= 0.3 is 0 Å². The predicted molar refractivity (Wildman–Crippen MR) is 86.8 cm³/mol. The maximum atomic E-state index is 10.0. The molecule has 2 rings (SSSR count). The second kappa shape index (κ2) is 8.13. The lowest BCUT2D eigenvalue weighted by Crippen LogP contribution is -2.42. The first kappa shape index (κ1) is 16.7. The predicted octanol–water partition coefficient (Wildman–Crippen LogP) is 2.65. The van der Waals surface area contributed by atoms with E-state index >= 15 is 0 Å². The molecule has 1 aromatic carbocycles. The van der Waals surface area contributed by atoms with Crippen molar-refractivity contribution in [2.24, 2.45) is 0 Å². The van der Waals surface area contributed by atoms with Gasteiger partial charge in [-0.05, 0) is 59.8 Å². The van der Waals surface area contributed by atoms with Crippen LogP contribution in [-0.4, -0.2) is 43.6 Å². The summed E-state index contributed by atoms with van der Waals surface area (Å²) in [5, 5.41) is 13.4. The molecule has 1 aliphatic carbocycles. The first-order valence-electron chi connectivity index (χ1n) is 7.43. The van der Waals surface area contributed by atoms with Gasteiger partial charge in [0.1, 0.15) is 18.5 Å². The summed E-state index contributed by atoms with van der Waals surface area (Å²) in [5.74, 6) is 0.760. The maximum Gasteiger partial charge on any atom is 0.133 e. The quantitative estimate of drug-likeness (QED) is 0.787.